The molecule has 202 valence electrons. The van der Waals surface area contributed by atoms with Crippen LogP contribution >= 0.6 is 22.9 Å². The molecule has 1 N–H and O–H groups in total. The van der Waals surface area contributed by atoms with Crippen molar-refractivity contribution in [2.24, 2.45) is 0 Å². The molecule has 0 bridgehead atoms. The van der Waals surface area contributed by atoms with E-state index >= 15 is 0 Å². The molecule has 1 unspecified atom stereocenters. The summed E-state index contributed by atoms with van der Waals surface area (Å²) in [7, 11) is 0. The van der Waals surface area contributed by atoms with Crippen LogP contribution in [0.25, 0.3) is 10.7 Å². The van der Waals surface area contributed by atoms with E-state index in [9.17, 15) is 14.0 Å². The lowest BCUT2D eigenvalue weighted by molar-refractivity contribution is -0.142. The van der Waals surface area contributed by atoms with Gasteiger partial charge in [0, 0.05) is 30.5 Å². The van der Waals surface area contributed by atoms with Gasteiger partial charge in [-0.3, -0.25) is 14.6 Å². The maximum Gasteiger partial charge on any atom is 0.247 e. The largest absolute Gasteiger partial charge is 0.350 e. The summed E-state index contributed by atoms with van der Waals surface area (Å²) in [5.41, 5.74) is 1.92. The van der Waals surface area contributed by atoms with E-state index in [0.29, 0.717) is 27.5 Å². The molecule has 2 amide bonds. The zero-order chi connectivity index (χ0) is 27.9. The molecule has 0 radical (unpaired) electrons. The van der Waals surface area contributed by atoms with Crippen molar-refractivity contribution < 1.29 is 14.0 Å². The highest BCUT2D eigenvalue weighted by Gasteiger charge is 2.32. The third-order valence-electron chi connectivity index (χ3n) is 6.05. The quantitative estimate of drug-likeness (QED) is 0.259. The molecule has 5 rings (SSSR count). The van der Waals surface area contributed by atoms with Crippen molar-refractivity contribution in [2.45, 2.75) is 25.7 Å². The lowest BCUT2D eigenvalue weighted by Crippen LogP contribution is -2.44. The van der Waals surface area contributed by atoms with Gasteiger partial charge in [0.2, 0.25) is 17.6 Å². The van der Waals surface area contributed by atoms with Crippen molar-refractivity contribution >= 4 is 34.8 Å². The Morgan fingerprint density at radius 2 is 1.80 bits per heavy atom. The maximum absolute atomic E-state index is 13.9. The third kappa shape index (κ3) is 6.56. The van der Waals surface area contributed by atoms with Crippen LogP contribution in [-0.4, -0.2) is 41.9 Å². The maximum atomic E-state index is 13.9. The molecule has 2 aromatic carbocycles. The van der Waals surface area contributed by atoms with Crippen LogP contribution in [0.3, 0.4) is 0 Å². The summed E-state index contributed by atoms with van der Waals surface area (Å²) in [5, 5.41) is 17.7. The summed E-state index contributed by atoms with van der Waals surface area (Å²) in [6, 6.07) is 19.0. The topological polar surface area (TPSA) is 106 Å². The molecule has 12 heteroatoms. The van der Waals surface area contributed by atoms with Crippen LogP contribution in [0.4, 0.5) is 4.39 Å². The Kier molecular flexibility index (Phi) is 8.53. The molecular formula is C28H23ClFN7O2S. The number of hydrogen-bond donors (Lipinski definition) is 1. The zero-order valence-electron chi connectivity index (χ0n) is 21.0. The van der Waals surface area contributed by atoms with Gasteiger partial charge in [-0.05, 0) is 63.7 Å². The number of nitrogens with one attached hydrogen (secondary N) is 1. The molecule has 0 aliphatic carbocycles. The molecule has 3 aromatic heterocycles. The van der Waals surface area contributed by atoms with Gasteiger partial charge in [0.15, 0.2) is 0 Å². The molecule has 0 aliphatic heterocycles. The minimum Gasteiger partial charge on any atom is -0.350 e. The summed E-state index contributed by atoms with van der Waals surface area (Å²) in [6.07, 6.45) is 3.11. The van der Waals surface area contributed by atoms with Crippen molar-refractivity contribution in [2.75, 3.05) is 0 Å². The fourth-order valence-electron chi connectivity index (χ4n) is 4.07. The van der Waals surface area contributed by atoms with E-state index in [4.69, 9.17) is 11.6 Å². The average molecular weight is 576 g/mol. The molecule has 1 atom stereocenters. The SMILES string of the molecule is O=C(NCc1ccc(F)cc1)C(c1ccncc1)N(Cc1ccccc1Cl)C(=O)Cn1nnc(-c2cccs2)n1. The highest BCUT2D eigenvalue weighted by Crippen LogP contribution is 2.27. The summed E-state index contributed by atoms with van der Waals surface area (Å²) in [6.45, 7) is -0.0682. The molecular weight excluding hydrogens is 553 g/mol. The van der Waals surface area contributed by atoms with Crippen molar-refractivity contribution in [3.63, 3.8) is 0 Å². The minimum absolute atomic E-state index is 0.0436. The van der Waals surface area contributed by atoms with E-state index in [0.717, 1.165) is 4.88 Å². The van der Waals surface area contributed by atoms with E-state index in [1.807, 2.05) is 23.6 Å². The van der Waals surface area contributed by atoms with E-state index in [1.54, 1.807) is 54.9 Å². The van der Waals surface area contributed by atoms with Crippen LogP contribution in [0.1, 0.15) is 22.7 Å². The molecule has 9 nitrogen and oxygen atoms in total. The number of amides is 2. The Balaban J connectivity index is 1.46. The van der Waals surface area contributed by atoms with Crippen LogP contribution in [0.5, 0.6) is 0 Å². The summed E-state index contributed by atoms with van der Waals surface area (Å²) >= 11 is 7.92. The first-order valence-electron chi connectivity index (χ1n) is 12.2. The molecule has 0 spiro atoms. The van der Waals surface area contributed by atoms with Gasteiger partial charge in [-0.2, -0.15) is 4.80 Å². The van der Waals surface area contributed by atoms with Gasteiger partial charge >= 0.3 is 0 Å². The van der Waals surface area contributed by atoms with E-state index < -0.39 is 17.9 Å². The van der Waals surface area contributed by atoms with Crippen LogP contribution in [0, 0.1) is 5.82 Å². The molecule has 0 saturated carbocycles. The van der Waals surface area contributed by atoms with Crippen LogP contribution in [0.2, 0.25) is 5.02 Å². The number of thiophene rings is 1. The first-order chi connectivity index (χ1) is 19.5. The van der Waals surface area contributed by atoms with Gasteiger partial charge in [0.25, 0.3) is 0 Å². The second-order valence-corrected chi connectivity index (χ2v) is 10.1. The predicted octanol–water partition coefficient (Wildman–Crippen LogP) is 4.68. The Hall–Kier alpha value is -4.48. The lowest BCUT2D eigenvalue weighted by Gasteiger charge is -2.31. The molecule has 0 aliphatic rings. The first kappa shape index (κ1) is 27.1. The summed E-state index contributed by atoms with van der Waals surface area (Å²) in [5.74, 6) is -0.816. The highest BCUT2D eigenvalue weighted by atomic mass is 35.5. The van der Waals surface area contributed by atoms with Crippen molar-refractivity contribution in [1.29, 1.82) is 0 Å². The Morgan fingerprint density at radius 3 is 2.52 bits per heavy atom. The van der Waals surface area contributed by atoms with Crippen LogP contribution in [0.15, 0.2) is 90.6 Å². The Morgan fingerprint density at radius 1 is 1.02 bits per heavy atom. The number of pyridine rings is 1. The fraction of sp³-hybridized carbons (Fsp3) is 0.143. The lowest BCUT2D eigenvalue weighted by atomic mass is 10.0. The second-order valence-electron chi connectivity index (χ2n) is 8.76. The van der Waals surface area contributed by atoms with Gasteiger partial charge in [0.1, 0.15) is 18.4 Å². The number of carbonyl (C=O) groups excluding carboxylic acids is 2. The number of halogens is 2. The normalized spacial score (nSPS) is 11.7. The van der Waals surface area contributed by atoms with Crippen molar-refractivity contribution in [3.8, 4) is 10.7 Å². The van der Waals surface area contributed by atoms with E-state index in [-0.39, 0.29) is 25.5 Å². The van der Waals surface area contributed by atoms with Crippen molar-refractivity contribution in [3.05, 3.63) is 118 Å². The number of nitrogens with zero attached hydrogens (tertiary/aromatic N) is 6. The van der Waals surface area contributed by atoms with Crippen molar-refractivity contribution in [1.82, 2.24) is 35.4 Å². The molecule has 0 saturated heterocycles. The fourth-order valence-corrected chi connectivity index (χ4v) is 4.91. The summed E-state index contributed by atoms with van der Waals surface area (Å²) < 4.78 is 13.4. The van der Waals surface area contributed by atoms with Gasteiger partial charge < -0.3 is 10.2 Å². The molecule has 3 heterocycles. The first-order valence-corrected chi connectivity index (χ1v) is 13.5. The van der Waals surface area contributed by atoms with E-state index in [2.05, 4.69) is 25.7 Å². The Bertz CT molecular complexity index is 1580. The highest BCUT2D eigenvalue weighted by molar-refractivity contribution is 7.13. The molecule has 0 fully saturated rings. The number of benzene rings is 2. The second kappa shape index (κ2) is 12.6. The minimum atomic E-state index is -1.03. The van der Waals surface area contributed by atoms with Crippen LogP contribution < -0.4 is 5.32 Å². The summed E-state index contributed by atoms with van der Waals surface area (Å²) in [4.78, 5) is 35.1. The number of aromatic nitrogens is 5. The predicted molar refractivity (Wildman–Crippen MR) is 148 cm³/mol. The van der Waals surface area contributed by atoms with E-state index in [1.165, 1.54) is 33.2 Å². The van der Waals surface area contributed by atoms with Gasteiger partial charge in [-0.25, -0.2) is 4.39 Å². The molecule has 5 aromatic rings. The average Bonchev–Trinajstić information content (AvgIpc) is 3.67. The monoisotopic (exact) mass is 575 g/mol. The number of hydrogen-bond acceptors (Lipinski definition) is 7. The zero-order valence-corrected chi connectivity index (χ0v) is 22.6. The van der Waals surface area contributed by atoms with Gasteiger partial charge in [-0.15, -0.1) is 21.5 Å². The van der Waals surface area contributed by atoms with Gasteiger partial charge in [-0.1, -0.05) is 48.0 Å². The standard InChI is InChI=1S/C28H23ClFN7O2S/c29-23-5-2-1-4-21(23)17-36(25(38)18-37-34-27(33-35-37)24-6-3-15-40-24)26(20-11-13-31-14-12-20)28(39)32-16-19-7-9-22(30)10-8-19/h1-15,26H,16-18H2,(H,32,39). The third-order valence-corrected chi connectivity index (χ3v) is 7.29. The number of rotatable bonds is 10. The number of carbonyl (C=O) groups is 2. The van der Waals surface area contributed by atoms with Crippen LogP contribution in [-0.2, 0) is 29.2 Å². The number of tetrazole rings is 1. The molecule has 40 heavy (non-hydrogen) atoms. The Labute approximate surface area is 238 Å². The van der Waals surface area contributed by atoms with Gasteiger partial charge in [0.05, 0.1) is 4.88 Å². The smallest absolute Gasteiger partial charge is 0.247 e.